The van der Waals surface area contributed by atoms with Crippen LogP contribution < -0.4 is 5.32 Å². The van der Waals surface area contributed by atoms with Crippen LogP contribution in [-0.4, -0.2) is 52.1 Å². The summed E-state index contributed by atoms with van der Waals surface area (Å²) >= 11 is 0. The van der Waals surface area contributed by atoms with E-state index in [2.05, 4.69) is 14.8 Å². The van der Waals surface area contributed by atoms with Crippen molar-refractivity contribution in [2.75, 3.05) is 19.6 Å². The molecule has 5 rings (SSSR count). The first-order chi connectivity index (χ1) is 13.6. The summed E-state index contributed by atoms with van der Waals surface area (Å²) in [6.45, 7) is 3.70. The van der Waals surface area contributed by atoms with Gasteiger partial charge in [-0.05, 0) is 69.8 Å². The van der Waals surface area contributed by atoms with Crippen LogP contribution in [-0.2, 0) is 17.8 Å². The number of nitrogens with one attached hydrogen (secondary N) is 1. The molecule has 0 atom stereocenters. The maximum atomic E-state index is 13.8. The molecule has 6 nitrogen and oxygen atoms in total. The van der Waals surface area contributed by atoms with Crippen molar-refractivity contribution in [1.82, 2.24) is 14.8 Å². The van der Waals surface area contributed by atoms with E-state index in [0.717, 1.165) is 49.1 Å². The maximum Gasteiger partial charge on any atom is 0.290 e. The van der Waals surface area contributed by atoms with Crippen LogP contribution in [0.2, 0.25) is 0 Å². The second-order valence-electron chi connectivity index (χ2n) is 7.94. The lowest BCUT2D eigenvalue weighted by atomic mass is 9.94. The summed E-state index contributed by atoms with van der Waals surface area (Å²) in [5.41, 5.74) is 2.93. The summed E-state index contributed by atoms with van der Waals surface area (Å²) in [6, 6.07) is 4.82. The molecule has 0 aliphatic carbocycles. The van der Waals surface area contributed by atoms with Crippen LogP contribution in [0, 0.1) is 5.82 Å². The molecule has 0 spiro atoms. The molecule has 150 valence electrons. The SMILES string of the molecule is O=C(NCC12CCCN1CCC2)c1c2n(c3ccc(F)cc13)CCC2.O=CO. The Kier molecular flexibility index (Phi) is 5.10. The number of carbonyl (C=O) groups is 2. The Morgan fingerprint density at radius 3 is 2.64 bits per heavy atom. The second kappa shape index (κ2) is 7.54. The van der Waals surface area contributed by atoms with E-state index in [1.807, 2.05) is 6.07 Å². The lowest BCUT2D eigenvalue weighted by molar-refractivity contribution is -0.122. The molecule has 0 saturated carbocycles. The number of aryl methyl sites for hydroxylation is 1. The van der Waals surface area contributed by atoms with E-state index in [0.29, 0.717) is 12.1 Å². The van der Waals surface area contributed by atoms with Crippen molar-refractivity contribution in [2.45, 2.75) is 50.6 Å². The molecule has 0 radical (unpaired) electrons. The number of amides is 1. The van der Waals surface area contributed by atoms with Crippen LogP contribution in [0.1, 0.15) is 48.2 Å². The summed E-state index contributed by atoms with van der Waals surface area (Å²) in [5.74, 6) is -0.304. The molecule has 2 aromatic rings. The molecular formula is C21H26FN3O3. The average Bonchev–Trinajstić information content (AvgIpc) is 3.40. The zero-order valence-electron chi connectivity index (χ0n) is 15.9. The molecule has 4 heterocycles. The van der Waals surface area contributed by atoms with Crippen LogP contribution >= 0.6 is 0 Å². The van der Waals surface area contributed by atoms with E-state index < -0.39 is 0 Å². The number of nitrogens with zero attached hydrogens (tertiary/aromatic N) is 2. The van der Waals surface area contributed by atoms with Crippen molar-refractivity contribution in [3.8, 4) is 0 Å². The third-order valence-electron chi connectivity index (χ3n) is 6.54. The number of hydrogen-bond donors (Lipinski definition) is 2. The minimum Gasteiger partial charge on any atom is -0.483 e. The fraction of sp³-hybridized carbons (Fsp3) is 0.524. The number of fused-ring (bicyclic) bond motifs is 4. The minimum absolute atomic E-state index is 0.0284. The van der Waals surface area contributed by atoms with E-state index in [9.17, 15) is 9.18 Å². The highest BCUT2D eigenvalue weighted by atomic mass is 19.1. The predicted octanol–water partition coefficient (Wildman–Crippen LogP) is 2.79. The molecular weight excluding hydrogens is 361 g/mol. The molecule has 1 amide bonds. The highest BCUT2D eigenvalue weighted by Gasteiger charge is 2.44. The molecule has 2 N–H and O–H groups in total. The Morgan fingerprint density at radius 2 is 1.93 bits per heavy atom. The van der Waals surface area contributed by atoms with Gasteiger partial charge in [0.1, 0.15) is 5.82 Å². The first-order valence-electron chi connectivity index (χ1n) is 10.0. The van der Waals surface area contributed by atoms with E-state index in [1.165, 1.54) is 37.8 Å². The van der Waals surface area contributed by atoms with Gasteiger partial charge in [0, 0.05) is 35.2 Å². The van der Waals surface area contributed by atoms with Gasteiger partial charge >= 0.3 is 0 Å². The van der Waals surface area contributed by atoms with Crippen molar-refractivity contribution in [2.24, 2.45) is 0 Å². The number of carboxylic acid groups (broad SMARTS) is 1. The van der Waals surface area contributed by atoms with Crippen molar-refractivity contribution in [3.63, 3.8) is 0 Å². The van der Waals surface area contributed by atoms with Crippen LogP contribution in [0.5, 0.6) is 0 Å². The van der Waals surface area contributed by atoms with Gasteiger partial charge in [0.25, 0.3) is 12.4 Å². The fourth-order valence-electron chi connectivity index (χ4n) is 5.40. The Hall–Kier alpha value is -2.41. The molecule has 3 aliphatic heterocycles. The molecule has 3 aliphatic rings. The number of carbonyl (C=O) groups excluding carboxylic acids is 1. The van der Waals surface area contributed by atoms with Gasteiger partial charge in [0.05, 0.1) is 5.56 Å². The Morgan fingerprint density at radius 1 is 1.21 bits per heavy atom. The number of rotatable bonds is 3. The molecule has 1 aromatic carbocycles. The van der Waals surface area contributed by atoms with Crippen LogP contribution in [0.25, 0.3) is 10.9 Å². The quantitative estimate of drug-likeness (QED) is 0.795. The van der Waals surface area contributed by atoms with Gasteiger partial charge in [0.15, 0.2) is 0 Å². The lowest BCUT2D eigenvalue weighted by Gasteiger charge is -2.32. The van der Waals surface area contributed by atoms with E-state index >= 15 is 0 Å². The van der Waals surface area contributed by atoms with Crippen molar-refractivity contribution < 1.29 is 19.1 Å². The van der Waals surface area contributed by atoms with E-state index in [4.69, 9.17) is 9.90 Å². The third kappa shape index (κ3) is 3.07. The Bertz CT molecular complexity index is 898. The largest absolute Gasteiger partial charge is 0.483 e. The lowest BCUT2D eigenvalue weighted by Crippen LogP contribution is -2.48. The highest BCUT2D eigenvalue weighted by molar-refractivity contribution is 6.08. The highest BCUT2D eigenvalue weighted by Crippen LogP contribution is 2.38. The summed E-state index contributed by atoms with van der Waals surface area (Å²) < 4.78 is 16.0. The molecule has 0 unspecified atom stereocenters. The van der Waals surface area contributed by atoms with Gasteiger partial charge < -0.3 is 15.0 Å². The summed E-state index contributed by atoms with van der Waals surface area (Å²) in [7, 11) is 0. The number of halogens is 1. The van der Waals surface area contributed by atoms with Crippen molar-refractivity contribution >= 4 is 23.3 Å². The van der Waals surface area contributed by atoms with Crippen LogP contribution in [0.3, 0.4) is 0 Å². The topological polar surface area (TPSA) is 74.6 Å². The summed E-state index contributed by atoms with van der Waals surface area (Å²) in [6.07, 6.45) is 6.77. The van der Waals surface area contributed by atoms with Gasteiger partial charge in [0.2, 0.25) is 0 Å². The summed E-state index contributed by atoms with van der Waals surface area (Å²) in [5, 5.41) is 10.9. The van der Waals surface area contributed by atoms with Gasteiger partial charge in [-0.1, -0.05) is 0 Å². The standard InChI is InChI=1S/C20H24FN3O.CH2O2/c21-14-5-6-16-15(12-14)18(17-4-1-11-24(16)17)19(25)22-13-20-7-2-9-23(20)10-3-8-20;2-1-3/h5-6,12H,1-4,7-11,13H2,(H,22,25);1H,(H,2,3). The van der Waals surface area contributed by atoms with Gasteiger partial charge in [-0.2, -0.15) is 0 Å². The zero-order valence-corrected chi connectivity index (χ0v) is 15.9. The Labute approximate surface area is 163 Å². The molecule has 2 fully saturated rings. The maximum absolute atomic E-state index is 13.8. The molecule has 0 bridgehead atoms. The first kappa shape index (κ1) is 18.9. The fourth-order valence-corrected chi connectivity index (χ4v) is 5.40. The number of hydrogen-bond acceptors (Lipinski definition) is 3. The average molecular weight is 387 g/mol. The van der Waals surface area contributed by atoms with E-state index in [-0.39, 0.29) is 23.7 Å². The monoisotopic (exact) mass is 387 g/mol. The Balaban J connectivity index is 0.000000604. The minimum atomic E-state index is -0.276. The zero-order chi connectivity index (χ0) is 19.7. The van der Waals surface area contributed by atoms with Gasteiger partial charge in [-0.25, -0.2) is 4.39 Å². The molecule has 28 heavy (non-hydrogen) atoms. The van der Waals surface area contributed by atoms with Crippen LogP contribution in [0.15, 0.2) is 18.2 Å². The van der Waals surface area contributed by atoms with E-state index in [1.54, 1.807) is 0 Å². The van der Waals surface area contributed by atoms with Gasteiger partial charge in [-0.15, -0.1) is 0 Å². The molecule has 7 heteroatoms. The van der Waals surface area contributed by atoms with Crippen LogP contribution in [0.4, 0.5) is 4.39 Å². The number of aromatic nitrogens is 1. The number of benzene rings is 1. The predicted molar refractivity (Wildman–Crippen MR) is 104 cm³/mol. The smallest absolute Gasteiger partial charge is 0.290 e. The molecule has 1 aromatic heterocycles. The molecule has 2 saturated heterocycles. The first-order valence-corrected chi connectivity index (χ1v) is 10.0. The van der Waals surface area contributed by atoms with Gasteiger partial charge in [-0.3, -0.25) is 14.5 Å². The summed E-state index contributed by atoms with van der Waals surface area (Å²) in [4.78, 5) is 24.0. The normalized spacial score (nSPS) is 19.8. The van der Waals surface area contributed by atoms with Crippen molar-refractivity contribution in [3.05, 3.63) is 35.3 Å². The third-order valence-corrected chi connectivity index (χ3v) is 6.54. The van der Waals surface area contributed by atoms with Crippen molar-refractivity contribution in [1.29, 1.82) is 0 Å². The second-order valence-corrected chi connectivity index (χ2v) is 7.94.